The predicted molar refractivity (Wildman–Crippen MR) is 100 cm³/mol. The Balaban J connectivity index is 1.69. The van der Waals surface area contributed by atoms with Crippen LogP contribution in [0.4, 0.5) is 0 Å². The molecule has 3 saturated carbocycles. The summed E-state index contributed by atoms with van der Waals surface area (Å²) in [6, 6.07) is 0.265. The van der Waals surface area contributed by atoms with Crippen molar-refractivity contribution in [1.82, 2.24) is 5.32 Å². The largest absolute Gasteiger partial charge is 0.462 e. The van der Waals surface area contributed by atoms with Gasteiger partial charge in [0.1, 0.15) is 6.10 Å². The third kappa shape index (κ3) is 2.47. The van der Waals surface area contributed by atoms with Gasteiger partial charge in [-0.05, 0) is 61.9 Å². The number of rotatable bonds is 2. The Hall–Kier alpha value is -1.32. The molecule has 0 bridgehead atoms. The molecule has 0 aromatic heterocycles. The van der Waals surface area contributed by atoms with E-state index >= 15 is 0 Å². The van der Waals surface area contributed by atoms with Crippen LogP contribution in [-0.2, 0) is 14.3 Å². The highest BCUT2D eigenvalue weighted by Gasteiger charge is 2.62. The van der Waals surface area contributed by atoms with Crippen LogP contribution in [0.3, 0.4) is 0 Å². The number of nitrogens with one attached hydrogen (secondary N) is 1. The van der Waals surface area contributed by atoms with Gasteiger partial charge in [-0.1, -0.05) is 33.3 Å². The SMILES string of the molecule is CC[C@H]1C[C@H]2NC(=O)C=C[C@]2(C)[C@H]2CC[C@]3(C)[C@@H](OC(C)=O)CC[C@H]3[C@H]12. The van der Waals surface area contributed by atoms with E-state index in [1.807, 2.05) is 0 Å². The van der Waals surface area contributed by atoms with Crippen molar-refractivity contribution in [1.29, 1.82) is 0 Å². The second-order valence-corrected chi connectivity index (χ2v) is 9.67. The second-order valence-electron chi connectivity index (χ2n) is 9.67. The van der Waals surface area contributed by atoms with Gasteiger partial charge in [0.2, 0.25) is 5.91 Å². The van der Waals surface area contributed by atoms with Crippen molar-refractivity contribution in [3.8, 4) is 0 Å². The molecule has 1 amide bonds. The molecule has 0 unspecified atom stereocenters. The molecular weight excluding hydrogens is 326 g/mol. The molecule has 4 nitrogen and oxygen atoms in total. The smallest absolute Gasteiger partial charge is 0.302 e. The van der Waals surface area contributed by atoms with Gasteiger partial charge in [0.15, 0.2) is 0 Å². The first-order valence-corrected chi connectivity index (χ1v) is 10.5. The third-order valence-corrected chi connectivity index (χ3v) is 8.62. The Morgan fingerprint density at radius 2 is 2.04 bits per heavy atom. The van der Waals surface area contributed by atoms with Crippen LogP contribution in [-0.4, -0.2) is 24.0 Å². The number of esters is 1. The number of ether oxygens (including phenoxy) is 1. The van der Waals surface area contributed by atoms with Gasteiger partial charge in [-0.2, -0.15) is 0 Å². The van der Waals surface area contributed by atoms with Crippen molar-refractivity contribution in [3.63, 3.8) is 0 Å². The summed E-state index contributed by atoms with van der Waals surface area (Å²) in [6.45, 7) is 8.57. The Kier molecular flexibility index (Phi) is 4.24. The zero-order chi connectivity index (χ0) is 18.7. The molecule has 0 saturated heterocycles. The van der Waals surface area contributed by atoms with E-state index in [2.05, 4.69) is 32.2 Å². The normalized spacial score (nSPS) is 49.6. The average Bonchev–Trinajstić information content (AvgIpc) is 2.91. The quantitative estimate of drug-likeness (QED) is 0.762. The predicted octanol–water partition coefficient (Wildman–Crippen LogP) is 3.85. The highest BCUT2D eigenvalue weighted by molar-refractivity contribution is 5.89. The van der Waals surface area contributed by atoms with Crippen LogP contribution in [0.5, 0.6) is 0 Å². The lowest BCUT2D eigenvalue weighted by molar-refractivity contribution is -0.160. The van der Waals surface area contributed by atoms with Crippen molar-refractivity contribution in [2.75, 3.05) is 0 Å². The van der Waals surface area contributed by atoms with Crippen molar-refractivity contribution in [3.05, 3.63) is 12.2 Å². The Labute approximate surface area is 157 Å². The molecule has 0 radical (unpaired) electrons. The second kappa shape index (κ2) is 6.10. The van der Waals surface area contributed by atoms with E-state index in [4.69, 9.17) is 4.74 Å². The zero-order valence-corrected chi connectivity index (χ0v) is 16.6. The molecule has 0 aromatic rings. The first kappa shape index (κ1) is 18.1. The molecule has 4 aliphatic rings. The summed E-state index contributed by atoms with van der Waals surface area (Å²) < 4.78 is 5.77. The standard InChI is InChI=1S/C22H33NO3/c1-5-14-12-17-21(3,11-9-19(25)23-17)16-8-10-22(4)15(20(14)16)6-7-18(22)26-13(2)24/h9,11,14-18,20H,5-8,10,12H2,1-4H3,(H,23,25)/t14-,15-,16-,17+,18-,20-,21+,22-/m0/s1. The van der Waals surface area contributed by atoms with Crippen LogP contribution in [0.1, 0.15) is 66.2 Å². The van der Waals surface area contributed by atoms with E-state index in [-0.39, 0.29) is 34.9 Å². The summed E-state index contributed by atoms with van der Waals surface area (Å²) in [4.78, 5) is 23.6. The van der Waals surface area contributed by atoms with E-state index in [1.54, 1.807) is 13.0 Å². The summed E-state index contributed by atoms with van der Waals surface area (Å²) in [5.41, 5.74) is 0.177. The third-order valence-electron chi connectivity index (χ3n) is 8.62. The van der Waals surface area contributed by atoms with Crippen LogP contribution in [0, 0.1) is 34.5 Å². The van der Waals surface area contributed by atoms with E-state index in [1.165, 1.54) is 12.8 Å². The van der Waals surface area contributed by atoms with Crippen LogP contribution in [0.15, 0.2) is 12.2 Å². The Morgan fingerprint density at radius 1 is 1.27 bits per heavy atom. The lowest BCUT2D eigenvalue weighted by Gasteiger charge is -2.61. The van der Waals surface area contributed by atoms with E-state index < -0.39 is 0 Å². The maximum atomic E-state index is 11.9. The highest BCUT2D eigenvalue weighted by atomic mass is 16.5. The fourth-order valence-electron chi connectivity index (χ4n) is 7.26. The molecule has 4 rings (SSSR count). The minimum absolute atomic E-state index is 0.0606. The lowest BCUT2D eigenvalue weighted by Crippen LogP contribution is -2.62. The van der Waals surface area contributed by atoms with Crippen molar-refractivity contribution >= 4 is 11.9 Å². The van der Waals surface area contributed by atoms with Gasteiger partial charge >= 0.3 is 5.97 Å². The molecule has 26 heavy (non-hydrogen) atoms. The molecule has 3 fully saturated rings. The minimum Gasteiger partial charge on any atom is -0.462 e. The number of fused-ring (bicyclic) bond motifs is 5. The summed E-state index contributed by atoms with van der Waals surface area (Å²) in [6.07, 6.45) is 10.8. The van der Waals surface area contributed by atoms with Crippen LogP contribution in [0.2, 0.25) is 0 Å². The van der Waals surface area contributed by atoms with Gasteiger partial charge < -0.3 is 10.1 Å². The van der Waals surface area contributed by atoms with Crippen LogP contribution >= 0.6 is 0 Å². The van der Waals surface area contributed by atoms with Crippen LogP contribution in [0.25, 0.3) is 0 Å². The molecule has 1 N–H and O–H groups in total. The van der Waals surface area contributed by atoms with E-state index in [9.17, 15) is 9.59 Å². The maximum absolute atomic E-state index is 11.9. The molecule has 3 aliphatic carbocycles. The van der Waals surface area contributed by atoms with Gasteiger partial charge in [0.25, 0.3) is 0 Å². The van der Waals surface area contributed by atoms with E-state index in [0.717, 1.165) is 25.7 Å². The molecular formula is C22H33NO3. The highest BCUT2D eigenvalue weighted by Crippen LogP contribution is 2.65. The topological polar surface area (TPSA) is 55.4 Å². The van der Waals surface area contributed by atoms with Gasteiger partial charge in [-0.15, -0.1) is 0 Å². The first-order chi connectivity index (χ1) is 12.3. The van der Waals surface area contributed by atoms with E-state index in [0.29, 0.717) is 23.7 Å². The number of hydrogen-bond acceptors (Lipinski definition) is 3. The molecule has 144 valence electrons. The summed E-state index contributed by atoms with van der Waals surface area (Å²) in [7, 11) is 0. The van der Waals surface area contributed by atoms with Gasteiger partial charge in [0, 0.05) is 23.8 Å². The monoisotopic (exact) mass is 359 g/mol. The first-order valence-electron chi connectivity index (χ1n) is 10.5. The molecule has 0 spiro atoms. The average molecular weight is 360 g/mol. The molecule has 1 heterocycles. The fraction of sp³-hybridized carbons (Fsp3) is 0.818. The molecule has 4 heteroatoms. The molecule has 1 aliphatic heterocycles. The Morgan fingerprint density at radius 3 is 2.73 bits per heavy atom. The summed E-state index contributed by atoms with van der Waals surface area (Å²) in [5.74, 6) is 2.47. The zero-order valence-electron chi connectivity index (χ0n) is 16.6. The van der Waals surface area contributed by atoms with Crippen molar-refractivity contribution < 1.29 is 14.3 Å². The van der Waals surface area contributed by atoms with Gasteiger partial charge in [-0.25, -0.2) is 0 Å². The molecule has 8 atom stereocenters. The summed E-state index contributed by atoms with van der Waals surface area (Å²) >= 11 is 0. The van der Waals surface area contributed by atoms with Crippen molar-refractivity contribution in [2.45, 2.75) is 78.4 Å². The van der Waals surface area contributed by atoms with Gasteiger partial charge in [0.05, 0.1) is 0 Å². The van der Waals surface area contributed by atoms with Gasteiger partial charge in [-0.3, -0.25) is 9.59 Å². The summed E-state index contributed by atoms with van der Waals surface area (Å²) in [5, 5.41) is 3.27. The fourth-order valence-corrected chi connectivity index (χ4v) is 7.26. The maximum Gasteiger partial charge on any atom is 0.302 e. The minimum atomic E-state index is -0.139. The number of amides is 1. The lowest BCUT2D eigenvalue weighted by atomic mass is 9.45. The number of carbonyl (C=O) groups is 2. The molecule has 0 aromatic carbocycles. The number of hydrogen-bond donors (Lipinski definition) is 1. The van der Waals surface area contributed by atoms with Crippen LogP contribution < -0.4 is 5.32 Å². The Bertz CT molecular complexity index is 643. The van der Waals surface area contributed by atoms with Crippen molar-refractivity contribution in [2.24, 2.45) is 34.5 Å². The number of carbonyl (C=O) groups excluding carboxylic acids is 2.